The molecule has 0 radical (unpaired) electrons. The molecule has 122 valence electrons. The molecule has 0 heterocycles. The largest absolute Gasteiger partial charge is 0.311 e. The fourth-order valence-corrected chi connectivity index (χ4v) is 4.81. The molecule has 3 aliphatic carbocycles. The lowest BCUT2D eigenvalue weighted by atomic mass is 9.88. The van der Waals surface area contributed by atoms with Crippen molar-refractivity contribution in [3.63, 3.8) is 0 Å². The average molecular weight is 293 g/mol. The van der Waals surface area contributed by atoms with Gasteiger partial charge in [0.15, 0.2) is 0 Å². The van der Waals surface area contributed by atoms with Gasteiger partial charge in [-0.2, -0.15) is 0 Å². The van der Waals surface area contributed by atoms with E-state index in [-0.39, 0.29) is 0 Å². The highest BCUT2D eigenvalue weighted by Crippen LogP contribution is 2.25. The van der Waals surface area contributed by atoms with Crippen molar-refractivity contribution in [1.82, 2.24) is 10.6 Å². The number of hydrogen-bond acceptors (Lipinski definition) is 2. The Kier molecular flexibility index (Phi) is 6.42. The zero-order chi connectivity index (χ0) is 14.3. The second-order valence-corrected chi connectivity index (χ2v) is 7.91. The van der Waals surface area contributed by atoms with Crippen molar-refractivity contribution >= 4 is 0 Å². The van der Waals surface area contributed by atoms with Gasteiger partial charge in [-0.05, 0) is 51.4 Å². The third-order valence-electron chi connectivity index (χ3n) is 6.13. The van der Waals surface area contributed by atoms with Crippen molar-refractivity contribution < 1.29 is 0 Å². The molecular weight excluding hydrogens is 256 g/mol. The lowest BCUT2D eigenvalue weighted by Crippen LogP contribution is -2.46. The van der Waals surface area contributed by atoms with Crippen LogP contribution in [0.15, 0.2) is 0 Å². The van der Waals surface area contributed by atoms with Crippen molar-refractivity contribution in [3.8, 4) is 0 Å². The third kappa shape index (κ3) is 5.25. The zero-order valence-corrected chi connectivity index (χ0v) is 13.9. The topological polar surface area (TPSA) is 24.1 Å². The summed E-state index contributed by atoms with van der Waals surface area (Å²) in [6.45, 7) is 0. The van der Waals surface area contributed by atoms with Crippen LogP contribution in [0.4, 0.5) is 0 Å². The Bertz CT molecular complexity index is 269. The second-order valence-electron chi connectivity index (χ2n) is 7.91. The molecule has 0 aromatic heterocycles. The van der Waals surface area contributed by atoms with Gasteiger partial charge in [0.1, 0.15) is 0 Å². The van der Waals surface area contributed by atoms with Crippen LogP contribution in [0.2, 0.25) is 0 Å². The maximum atomic E-state index is 3.99. The lowest BCUT2D eigenvalue weighted by Gasteiger charge is -2.35. The molecule has 0 aliphatic heterocycles. The van der Waals surface area contributed by atoms with E-state index in [1.165, 1.54) is 96.3 Å². The summed E-state index contributed by atoms with van der Waals surface area (Å²) in [6.07, 6.45) is 21.6. The molecule has 3 rings (SSSR count). The molecule has 2 heteroatoms. The van der Waals surface area contributed by atoms with E-state index >= 15 is 0 Å². The second kappa shape index (κ2) is 8.53. The van der Waals surface area contributed by atoms with Crippen LogP contribution in [0, 0.1) is 0 Å². The molecule has 3 saturated carbocycles. The summed E-state index contributed by atoms with van der Waals surface area (Å²) in [7, 11) is 0. The van der Waals surface area contributed by atoms with Crippen molar-refractivity contribution in [2.45, 2.75) is 120 Å². The van der Waals surface area contributed by atoms with E-state index in [9.17, 15) is 0 Å². The quantitative estimate of drug-likeness (QED) is 0.744. The predicted octanol–water partition coefficient (Wildman–Crippen LogP) is 4.53. The Hall–Kier alpha value is -0.0800. The molecule has 21 heavy (non-hydrogen) atoms. The van der Waals surface area contributed by atoms with Gasteiger partial charge in [0.25, 0.3) is 0 Å². The van der Waals surface area contributed by atoms with Crippen LogP contribution in [0.3, 0.4) is 0 Å². The number of nitrogens with one attached hydrogen (secondary N) is 2. The van der Waals surface area contributed by atoms with Crippen molar-refractivity contribution in [2.75, 3.05) is 0 Å². The molecule has 0 amide bonds. The lowest BCUT2D eigenvalue weighted by molar-refractivity contribution is 0.248. The minimum absolute atomic E-state index is 0.817. The highest BCUT2D eigenvalue weighted by molar-refractivity contribution is 4.86. The number of rotatable bonds is 4. The van der Waals surface area contributed by atoms with Gasteiger partial charge in [0.2, 0.25) is 0 Å². The highest BCUT2D eigenvalue weighted by Gasteiger charge is 2.25. The Balaban J connectivity index is 1.34. The first-order chi connectivity index (χ1) is 10.4. The number of hydrogen-bond donors (Lipinski definition) is 2. The fraction of sp³-hybridized carbons (Fsp3) is 1.00. The minimum Gasteiger partial charge on any atom is -0.311 e. The Labute approximate surface area is 131 Å². The molecule has 3 fully saturated rings. The summed E-state index contributed by atoms with van der Waals surface area (Å²) in [4.78, 5) is 0. The monoisotopic (exact) mass is 292 g/mol. The molecule has 0 saturated heterocycles. The molecular formula is C19H36N2. The first-order valence-corrected chi connectivity index (χ1v) is 9.92. The van der Waals surface area contributed by atoms with Gasteiger partial charge in [0, 0.05) is 24.2 Å². The van der Waals surface area contributed by atoms with E-state index in [0.29, 0.717) is 0 Å². The maximum Gasteiger partial charge on any atom is 0.00708 e. The average Bonchev–Trinajstić information content (AvgIpc) is 2.79. The molecule has 2 nitrogen and oxygen atoms in total. The first-order valence-electron chi connectivity index (χ1n) is 9.92. The van der Waals surface area contributed by atoms with Gasteiger partial charge < -0.3 is 10.6 Å². The first kappa shape index (κ1) is 15.8. The SMILES string of the molecule is C1CCCC(NC2CCC(NC3CCCCC3)CC2)CC1. The molecule has 0 unspecified atom stereocenters. The third-order valence-corrected chi connectivity index (χ3v) is 6.13. The summed E-state index contributed by atoms with van der Waals surface area (Å²) in [5.41, 5.74) is 0. The molecule has 0 aromatic carbocycles. The van der Waals surface area contributed by atoms with Crippen LogP contribution in [-0.2, 0) is 0 Å². The van der Waals surface area contributed by atoms with Gasteiger partial charge in [-0.1, -0.05) is 44.9 Å². The zero-order valence-electron chi connectivity index (χ0n) is 13.9. The van der Waals surface area contributed by atoms with E-state index < -0.39 is 0 Å². The van der Waals surface area contributed by atoms with Crippen LogP contribution < -0.4 is 10.6 Å². The smallest absolute Gasteiger partial charge is 0.00708 e. The molecule has 0 spiro atoms. The van der Waals surface area contributed by atoms with E-state index in [1.807, 2.05) is 0 Å². The van der Waals surface area contributed by atoms with Crippen molar-refractivity contribution in [3.05, 3.63) is 0 Å². The Morgan fingerprint density at radius 3 is 1.00 bits per heavy atom. The summed E-state index contributed by atoms with van der Waals surface area (Å²) < 4.78 is 0. The van der Waals surface area contributed by atoms with E-state index in [2.05, 4.69) is 10.6 Å². The van der Waals surface area contributed by atoms with Crippen molar-refractivity contribution in [2.24, 2.45) is 0 Å². The van der Waals surface area contributed by atoms with E-state index in [4.69, 9.17) is 0 Å². The summed E-state index contributed by atoms with van der Waals surface area (Å²) in [5, 5.41) is 7.96. The minimum atomic E-state index is 0.817. The van der Waals surface area contributed by atoms with Crippen LogP contribution in [0.5, 0.6) is 0 Å². The van der Waals surface area contributed by atoms with Gasteiger partial charge in [-0.25, -0.2) is 0 Å². The van der Waals surface area contributed by atoms with E-state index in [1.54, 1.807) is 0 Å². The van der Waals surface area contributed by atoms with Crippen molar-refractivity contribution in [1.29, 1.82) is 0 Å². The van der Waals surface area contributed by atoms with Gasteiger partial charge in [-0.3, -0.25) is 0 Å². The van der Waals surface area contributed by atoms with Crippen LogP contribution in [0.1, 0.15) is 96.3 Å². The highest BCUT2D eigenvalue weighted by atomic mass is 15.0. The fourth-order valence-electron chi connectivity index (χ4n) is 4.81. The molecule has 0 aromatic rings. The standard InChI is InChI=1S/C19H36N2/c1-2-5-9-16(8-4-1)20-18-12-14-19(15-13-18)21-17-10-6-3-7-11-17/h16-21H,1-15H2. The molecule has 0 atom stereocenters. The Morgan fingerprint density at radius 2 is 0.619 bits per heavy atom. The van der Waals surface area contributed by atoms with Gasteiger partial charge in [0.05, 0.1) is 0 Å². The van der Waals surface area contributed by atoms with Crippen LogP contribution >= 0.6 is 0 Å². The van der Waals surface area contributed by atoms with E-state index in [0.717, 1.165) is 24.2 Å². The maximum absolute atomic E-state index is 3.99. The summed E-state index contributed by atoms with van der Waals surface area (Å²) >= 11 is 0. The van der Waals surface area contributed by atoms with Crippen LogP contribution in [0.25, 0.3) is 0 Å². The molecule has 3 aliphatic rings. The normalized spacial score (nSPS) is 33.7. The van der Waals surface area contributed by atoms with Crippen LogP contribution in [-0.4, -0.2) is 24.2 Å². The molecule has 0 bridgehead atoms. The summed E-state index contributed by atoms with van der Waals surface area (Å²) in [6, 6.07) is 3.31. The Morgan fingerprint density at radius 1 is 0.333 bits per heavy atom. The van der Waals surface area contributed by atoms with Gasteiger partial charge in [-0.15, -0.1) is 0 Å². The summed E-state index contributed by atoms with van der Waals surface area (Å²) in [5.74, 6) is 0. The molecule has 2 N–H and O–H groups in total. The predicted molar refractivity (Wildman–Crippen MR) is 90.7 cm³/mol. The van der Waals surface area contributed by atoms with Gasteiger partial charge >= 0.3 is 0 Å².